The van der Waals surface area contributed by atoms with Gasteiger partial charge >= 0.3 is 11.9 Å². The molecule has 146 valence electrons. The molecule has 9 heteroatoms. The first-order valence-electron chi connectivity index (χ1n) is 7.93. The lowest BCUT2D eigenvalue weighted by molar-refractivity contribution is -0.165. The van der Waals surface area contributed by atoms with Gasteiger partial charge in [-0.3, -0.25) is 0 Å². The number of carboxylic acid groups (broad SMARTS) is 2. The minimum Gasteiger partial charge on any atom is -0.479 e. The Bertz CT molecular complexity index is 617. The van der Waals surface area contributed by atoms with Crippen LogP contribution < -0.4 is 5.32 Å². The first-order valence-corrected chi connectivity index (χ1v) is 8.31. The van der Waals surface area contributed by atoms with E-state index in [1.54, 1.807) is 0 Å². The van der Waals surface area contributed by atoms with Crippen molar-refractivity contribution in [3.05, 3.63) is 34.9 Å². The van der Waals surface area contributed by atoms with Crippen molar-refractivity contribution < 1.29 is 35.1 Å². The zero-order chi connectivity index (χ0) is 20.1. The molecular weight excluding hydrogens is 366 g/mol. The van der Waals surface area contributed by atoms with Gasteiger partial charge in [0.25, 0.3) is 0 Å². The van der Waals surface area contributed by atoms with E-state index in [0.717, 1.165) is 25.1 Å². The van der Waals surface area contributed by atoms with E-state index in [4.69, 9.17) is 32.0 Å². The number of hydrogen-bond donors (Lipinski definition) is 6. The van der Waals surface area contributed by atoms with Crippen LogP contribution >= 0.6 is 11.6 Å². The molecule has 3 atom stereocenters. The van der Waals surface area contributed by atoms with E-state index < -0.39 is 29.7 Å². The van der Waals surface area contributed by atoms with Crippen LogP contribution in [0, 0.1) is 5.41 Å². The van der Waals surface area contributed by atoms with Gasteiger partial charge < -0.3 is 30.8 Å². The first-order chi connectivity index (χ1) is 11.9. The van der Waals surface area contributed by atoms with E-state index in [1.807, 2.05) is 24.3 Å². The minimum absolute atomic E-state index is 0.168. The normalized spacial score (nSPS) is 23.9. The van der Waals surface area contributed by atoms with E-state index in [1.165, 1.54) is 0 Å². The number of hydrogen-bond acceptors (Lipinski definition) is 6. The number of piperidine rings is 1. The molecule has 6 N–H and O–H groups in total. The van der Waals surface area contributed by atoms with Crippen LogP contribution in [0.25, 0.3) is 0 Å². The van der Waals surface area contributed by atoms with Gasteiger partial charge in [0.1, 0.15) is 0 Å². The fraction of sp³-hybridized carbons (Fsp3) is 0.529. The van der Waals surface area contributed by atoms with Crippen molar-refractivity contribution in [1.29, 1.82) is 0 Å². The van der Waals surface area contributed by atoms with Crippen LogP contribution in [-0.2, 0) is 15.2 Å². The Hall–Kier alpha value is -1.71. The van der Waals surface area contributed by atoms with Crippen LogP contribution in [0.5, 0.6) is 0 Å². The van der Waals surface area contributed by atoms with Gasteiger partial charge in [0, 0.05) is 17.0 Å². The maximum atomic E-state index is 10.9. The average Bonchev–Trinajstić information content (AvgIpc) is 2.57. The third kappa shape index (κ3) is 5.15. The predicted molar refractivity (Wildman–Crippen MR) is 93.9 cm³/mol. The van der Waals surface area contributed by atoms with Gasteiger partial charge in [-0.15, -0.1) is 0 Å². The number of aliphatic carboxylic acids is 2. The molecule has 0 bridgehead atoms. The number of nitrogens with one attached hydrogen (secondary N) is 1. The van der Waals surface area contributed by atoms with E-state index >= 15 is 0 Å². The van der Waals surface area contributed by atoms with Crippen molar-refractivity contribution in [1.82, 2.24) is 5.32 Å². The molecule has 0 aromatic heterocycles. The molecule has 0 aliphatic carbocycles. The summed E-state index contributed by atoms with van der Waals surface area (Å²) in [5, 5.41) is 47.4. The number of rotatable bonds is 4. The van der Waals surface area contributed by atoms with Crippen LogP contribution in [0.4, 0.5) is 0 Å². The van der Waals surface area contributed by atoms with Gasteiger partial charge in [-0.05, 0) is 30.7 Å². The maximum Gasteiger partial charge on any atom is 0.335 e. The molecule has 26 heavy (non-hydrogen) atoms. The Morgan fingerprint density at radius 2 is 1.54 bits per heavy atom. The van der Waals surface area contributed by atoms with Gasteiger partial charge in [0.05, 0.1) is 5.60 Å². The number of carbonyl (C=O) groups is 2. The molecule has 0 radical (unpaired) electrons. The highest BCUT2D eigenvalue weighted by Crippen LogP contribution is 2.43. The molecule has 0 spiro atoms. The molecule has 2 rings (SSSR count). The van der Waals surface area contributed by atoms with Crippen LogP contribution in [0.1, 0.15) is 25.8 Å². The second-order valence-corrected chi connectivity index (χ2v) is 7.18. The summed E-state index contributed by atoms with van der Waals surface area (Å²) in [7, 11) is 0. The first kappa shape index (κ1) is 22.3. The number of aliphatic hydroxyl groups is 3. The van der Waals surface area contributed by atoms with Crippen LogP contribution in [-0.4, -0.2) is 62.8 Å². The number of benzene rings is 1. The second kappa shape index (κ2) is 8.79. The standard InChI is InChI=1S/C13H18ClNO.C4H6O6/c1-12(2)9-15-8-7-13(12,16)10-3-5-11(14)6-4-10;5-1(3(7)8)2(6)4(9)10/h3-6,15-16H,7-9H2,1-2H3;1-2,5-6H,(H,7,8)(H,9,10)/t13-;/m0./s1. The molecular formula is C17H24ClNO7. The molecule has 0 amide bonds. The number of aliphatic hydroxyl groups excluding tert-OH is 2. The van der Waals surface area contributed by atoms with Gasteiger partial charge in [-0.2, -0.15) is 0 Å². The van der Waals surface area contributed by atoms with Crippen molar-refractivity contribution in [3.63, 3.8) is 0 Å². The largest absolute Gasteiger partial charge is 0.479 e. The number of halogens is 1. The minimum atomic E-state index is -2.27. The van der Waals surface area contributed by atoms with E-state index in [9.17, 15) is 14.7 Å². The van der Waals surface area contributed by atoms with Gasteiger partial charge in [0.15, 0.2) is 12.2 Å². The lowest BCUT2D eigenvalue weighted by atomic mass is 9.67. The lowest BCUT2D eigenvalue weighted by Gasteiger charge is -2.47. The molecule has 1 heterocycles. The maximum absolute atomic E-state index is 10.9. The van der Waals surface area contributed by atoms with Crippen molar-refractivity contribution >= 4 is 23.5 Å². The molecule has 2 unspecified atom stereocenters. The quantitative estimate of drug-likeness (QED) is 0.434. The molecule has 1 aromatic rings. The summed E-state index contributed by atoms with van der Waals surface area (Å²) in [4.78, 5) is 19.5. The summed E-state index contributed by atoms with van der Waals surface area (Å²) >= 11 is 5.87. The smallest absolute Gasteiger partial charge is 0.335 e. The van der Waals surface area contributed by atoms with Crippen molar-refractivity contribution in [3.8, 4) is 0 Å². The topological polar surface area (TPSA) is 147 Å². The predicted octanol–water partition coefficient (Wildman–Crippen LogP) is 0.424. The summed E-state index contributed by atoms with van der Waals surface area (Å²) in [6.07, 6.45) is -3.79. The third-order valence-corrected chi connectivity index (χ3v) is 4.73. The second-order valence-electron chi connectivity index (χ2n) is 6.74. The molecule has 1 saturated heterocycles. The summed E-state index contributed by atoms with van der Waals surface area (Å²) in [5.41, 5.74) is 0.0328. The summed E-state index contributed by atoms with van der Waals surface area (Å²) in [5.74, 6) is -3.54. The molecule has 0 saturated carbocycles. The molecule has 1 aromatic carbocycles. The van der Waals surface area contributed by atoms with Crippen molar-refractivity contribution in [2.24, 2.45) is 5.41 Å². The van der Waals surface area contributed by atoms with Crippen molar-refractivity contribution in [2.45, 2.75) is 38.1 Å². The van der Waals surface area contributed by atoms with Crippen LogP contribution in [0.15, 0.2) is 24.3 Å². The summed E-state index contributed by atoms with van der Waals surface area (Å²) < 4.78 is 0. The Kier molecular flexibility index (Phi) is 7.55. The molecule has 8 nitrogen and oxygen atoms in total. The highest BCUT2D eigenvalue weighted by Gasteiger charge is 2.46. The SMILES string of the molecule is CC1(C)CNCC[C@]1(O)c1ccc(Cl)cc1.O=C(O)C(O)C(O)C(=O)O. The molecule has 1 aliphatic rings. The summed E-state index contributed by atoms with van der Waals surface area (Å²) in [6.45, 7) is 5.86. The fourth-order valence-corrected chi connectivity index (χ4v) is 2.81. The van der Waals surface area contributed by atoms with Crippen LogP contribution in [0.2, 0.25) is 5.02 Å². The third-order valence-electron chi connectivity index (χ3n) is 4.48. The Balaban J connectivity index is 0.000000294. The average molecular weight is 390 g/mol. The Morgan fingerprint density at radius 1 is 1.08 bits per heavy atom. The van der Waals surface area contributed by atoms with Gasteiger partial charge in [-0.25, -0.2) is 9.59 Å². The van der Waals surface area contributed by atoms with Crippen molar-refractivity contribution in [2.75, 3.05) is 13.1 Å². The van der Waals surface area contributed by atoms with Gasteiger partial charge in [-0.1, -0.05) is 37.6 Å². The fourth-order valence-electron chi connectivity index (χ4n) is 2.69. The number of carboxylic acids is 2. The lowest BCUT2D eigenvalue weighted by Crippen LogP contribution is -2.53. The van der Waals surface area contributed by atoms with Crippen LogP contribution in [0.3, 0.4) is 0 Å². The Morgan fingerprint density at radius 3 is 1.92 bits per heavy atom. The zero-order valence-corrected chi connectivity index (χ0v) is 15.3. The van der Waals surface area contributed by atoms with E-state index in [2.05, 4.69) is 19.2 Å². The Labute approximate surface area is 156 Å². The molecule has 1 aliphatic heterocycles. The zero-order valence-electron chi connectivity index (χ0n) is 14.5. The summed E-state index contributed by atoms with van der Waals surface area (Å²) in [6, 6.07) is 7.53. The monoisotopic (exact) mass is 389 g/mol. The van der Waals surface area contributed by atoms with E-state index in [-0.39, 0.29) is 5.41 Å². The highest BCUT2D eigenvalue weighted by molar-refractivity contribution is 6.30. The van der Waals surface area contributed by atoms with Gasteiger partial charge in [0.2, 0.25) is 0 Å². The molecule has 1 fully saturated rings. The highest BCUT2D eigenvalue weighted by atomic mass is 35.5. The van der Waals surface area contributed by atoms with E-state index in [0.29, 0.717) is 5.02 Å².